The van der Waals surface area contributed by atoms with Crippen molar-refractivity contribution in [3.8, 4) is 0 Å². The van der Waals surface area contributed by atoms with Gasteiger partial charge in [0.1, 0.15) is 49.3 Å². The summed E-state index contributed by atoms with van der Waals surface area (Å²) in [7, 11) is 2.86. The molecule has 0 aromatic heterocycles. The van der Waals surface area contributed by atoms with E-state index in [0.717, 1.165) is 0 Å². The molecule has 0 aliphatic carbocycles. The number of carbonyl (C=O) groups excluding carboxylic acids is 10. The van der Waals surface area contributed by atoms with Crippen molar-refractivity contribution >= 4 is 59.1 Å². The third kappa shape index (κ3) is 14.3. The van der Waals surface area contributed by atoms with E-state index in [2.05, 4.69) is 21.3 Å². The molecule has 8 N–H and O–H groups in total. The molecule has 66 heavy (non-hydrogen) atoms. The second-order valence-electron chi connectivity index (χ2n) is 18.8. The highest BCUT2D eigenvalue weighted by atomic mass is 16.2. The molecule has 10 amide bonds. The molecule has 3 rings (SSSR count). The number of amides is 10. The number of nitrogens with two attached hydrogens (primary N) is 2. The molecule has 0 aromatic carbocycles. The fourth-order valence-electron chi connectivity index (χ4n) is 8.72. The average Bonchev–Trinajstić information content (AvgIpc) is 3.27. The summed E-state index contributed by atoms with van der Waals surface area (Å²) in [5.74, 6) is -6.68. The Morgan fingerprint density at radius 3 is 1.11 bits per heavy atom. The number of piperidine rings is 2. The van der Waals surface area contributed by atoms with Crippen LogP contribution < -0.4 is 32.7 Å². The maximum absolute atomic E-state index is 13.7. The molecule has 6 atom stereocenters. The lowest BCUT2D eigenvalue weighted by Crippen LogP contribution is -2.60. The smallest absolute Gasteiger partial charge is 0.243 e. The van der Waals surface area contributed by atoms with Crippen molar-refractivity contribution in [2.45, 2.75) is 142 Å². The Bertz CT molecular complexity index is 1670. The lowest BCUT2D eigenvalue weighted by molar-refractivity contribution is -0.147. The number of likely N-dealkylation sites (N-methyl/N-ethyl adjacent to an activating group) is 2. The largest absolute Gasteiger partial charge is 0.352 e. The minimum atomic E-state index is -1.26. The van der Waals surface area contributed by atoms with Crippen LogP contribution in [0.4, 0.5) is 0 Å². The molecule has 0 aromatic rings. The molecule has 0 unspecified atom stereocenters. The molecule has 0 radical (unpaired) electrons. The van der Waals surface area contributed by atoms with E-state index in [1.807, 2.05) is 0 Å². The third-order valence-corrected chi connectivity index (χ3v) is 12.6. The molecule has 372 valence electrons. The molecule has 0 spiro atoms. The first kappa shape index (κ1) is 55.0. The fraction of sp³-hybridized carbons (Fsp3) is 0.773. The normalized spacial score (nSPS) is 27.1. The Hall–Kier alpha value is -5.38. The van der Waals surface area contributed by atoms with Crippen molar-refractivity contribution in [1.29, 1.82) is 0 Å². The molecule has 22 nitrogen and oxygen atoms in total. The summed E-state index contributed by atoms with van der Waals surface area (Å²) in [5, 5.41) is 10.6. The van der Waals surface area contributed by atoms with E-state index in [1.165, 1.54) is 43.5 Å². The van der Waals surface area contributed by atoms with Gasteiger partial charge in [-0.15, -0.1) is 0 Å². The van der Waals surface area contributed by atoms with Gasteiger partial charge in [-0.25, -0.2) is 0 Å². The van der Waals surface area contributed by atoms with E-state index in [-0.39, 0.29) is 26.2 Å². The van der Waals surface area contributed by atoms with Crippen molar-refractivity contribution in [3.63, 3.8) is 0 Å². The Balaban J connectivity index is 1.95. The quantitative estimate of drug-likeness (QED) is 0.168. The standard InChI is InChI=1S/C44H76N12O10/c1-25(2)37-41(63)47-19-29(45)43(65)53-17-13-11-15-31(53)39(61)50-22-34(58)56(28(7)8)24-36(60)52(10)38(26(3)4)42(64)48-20-30(46)44(66)54-18-14-12-16-32(54)40(62)49-21-33(57)55(27(5)6)23-35(59)51(37)9/h25-32,37-38H,11-24,45-46H2,1-10H3,(H,47,63)(H,48,64)(H,49,62)(H,50,61)/t29-,30-,31+,32+,37+,38+/m1/s1. The van der Waals surface area contributed by atoms with Crippen LogP contribution in [0.3, 0.4) is 0 Å². The van der Waals surface area contributed by atoms with Crippen LogP contribution in [0.2, 0.25) is 0 Å². The predicted octanol–water partition coefficient (Wildman–Crippen LogP) is -2.68. The number of hydrogen-bond donors (Lipinski definition) is 6. The monoisotopic (exact) mass is 933 g/mol. The lowest BCUT2D eigenvalue weighted by atomic mass is 9.99. The first-order valence-corrected chi connectivity index (χ1v) is 23.2. The summed E-state index contributed by atoms with van der Waals surface area (Å²) in [6.07, 6.45) is 3.02. The van der Waals surface area contributed by atoms with E-state index in [1.54, 1.807) is 55.4 Å². The van der Waals surface area contributed by atoms with Gasteiger partial charge in [-0.2, -0.15) is 0 Å². The summed E-state index contributed by atoms with van der Waals surface area (Å²) in [5.41, 5.74) is 12.7. The molecule has 3 fully saturated rings. The topological polar surface area (TPSA) is 290 Å². The van der Waals surface area contributed by atoms with Crippen molar-refractivity contribution in [2.24, 2.45) is 23.3 Å². The summed E-state index contributed by atoms with van der Waals surface area (Å²) in [4.78, 5) is 144. The summed E-state index contributed by atoms with van der Waals surface area (Å²) in [6.45, 7) is 11.7. The molecule has 3 heterocycles. The summed E-state index contributed by atoms with van der Waals surface area (Å²) >= 11 is 0. The van der Waals surface area contributed by atoms with Gasteiger partial charge in [-0.05, 0) is 78.1 Å². The minimum absolute atomic E-state index is 0.206. The SMILES string of the molecule is CC(C)[C@H]1C(=O)NC[C@@H](N)C(=O)N2CCCC[C@H]2C(=O)NCC(=O)N(C(C)C)CC(=O)N(C)[C@@H](C(C)C)C(=O)NC[C@@H](N)C(=O)N2CCCC[C@H]2C(=O)NCC(=O)N(C(C)C)CC(=O)N1C. The number of fused-ring (bicyclic) bond motifs is 2. The summed E-state index contributed by atoms with van der Waals surface area (Å²) in [6, 6.07) is -7.49. The maximum Gasteiger partial charge on any atom is 0.243 e. The Labute approximate surface area is 388 Å². The van der Waals surface area contributed by atoms with Gasteiger partial charge < -0.3 is 62.1 Å². The minimum Gasteiger partial charge on any atom is -0.352 e. The van der Waals surface area contributed by atoms with Crippen LogP contribution in [-0.2, 0) is 47.9 Å². The Kier molecular flexibility index (Phi) is 20.8. The second-order valence-corrected chi connectivity index (χ2v) is 18.8. The number of rotatable bonds is 4. The van der Waals surface area contributed by atoms with E-state index < -0.39 is 145 Å². The predicted molar refractivity (Wildman–Crippen MR) is 243 cm³/mol. The van der Waals surface area contributed by atoms with Crippen molar-refractivity contribution in [1.82, 2.24) is 50.7 Å². The Morgan fingerprint density at radius 1 is 0.470 bits per heavy atom. The molecule has 3 aliphatic rings. The highest BCUT2D eigenvalue weighted by Crippen LogP contribution is 2.21. The zero-order valence-corrected chi connectivity index (χ0v) is 40.6. The van der Waals surface area contributed by atoms with Gasteiger partial charge in [0, 0.05) is 52.4 Å². The van der Waals surface area contributed by atoms with Crippen molar-refractivity contribution in [2.75, 3.05) is 66.5 Å². The number of nitrogens with zero attached hydrogens (tertiary/aromatic N) is 6. The van der Waals surface area contributed by atoms with E-state index in [9.17, 15) is 47.9 Å². The lowest BCUT2D eigenvalue weighted by Gasteiger charge is -2.37. The second kappa shape index (κ2) is 24.9. The highest BCUT2D eigenvalue weighted by Gasteiger charge is 2.39. The fourth-order valence-corrected chi connectivity index (χ4v) is 8.72. The molecule has 0 bridgehead atoms. The average molecular weight is 933 g/mol. The van der Waals surface area contributed by atoms with Gasteiger partial charge in [0.05, 0.1) is 13.1 Å². The first-order chi connectivity index (χ1) is 30.9. The van der Waals surface area contributed by atoms with Gasteiger partial charge in [-0.3, -0.25) is 47.9 Å². The van der Waals surface area contributed by atoms with Gasteiger partial charge >= 0.3 is 0 Å². The highest BCUT2D eigenvalue weighted by molar-refractivity contribution is 5.96. The van der Waals surface area contributed by atoms with Crippen molar-refractivity contribution < 1.29 is 47.9 Å². The molecule has 3 saturated heterocycles. The van der Waals surface area contributed by atoms with Gasteiger partial charge in [0.25, 0.3) is 0 Å². The Morgan fingerprint density at radius 2 is 0.803 bits per heavy atom. The first-order valence-electron chi connectivity index (χ1n) is 23.2. The van der Waals surface area contributed by atoms with Gasteiger partial charge in [0.15, 0.2) is 0 Å². The number of nitrogens with one attached hydrogen (secondary N) is 4. The van der Waals surface area contributed by atoms with Crippen LogP contribution in [-0.4, -0.2) is 203 Å². The van der Waals surface area contributed by atoms with E-state index in [0.29, 0.717) is 38.5 Å². The zero-order valence-electron chi connectivity index (χ0n) is 40.6. The molecular weight excluding hydrogens is 857 g/mol. The molecule has 3 aliphatic heterocycles. The number of hydrogen-bond acceptors (Lipinski definition) is 12. The van der Waals surface area contributed by atoms with Crippen LogP contribution in [0.15, 0.2) is 0 Å². The van der Waals surface area contributed by atoms with Crippen LogP contribution in [0.1, 0.15) is 93.9 Å². The maximum atomic E-state index is 13.7. The van der Waals surface area contributed by atoms with Crippen LogP contribution >= 0.6 is 0 Å². The van der Waals surface area contributed by atoms with E-state index in [4.69, 9.17) is 11.5 Å². The molecule has 22 heteroatoms. The van der Waals surface area contributed by atoms with Crippen molar-refractivity contribution in [3.05, 3.63) is 0 Å². The van der Waals surface area contributed by atoms with E-state index >= 15 is 0 Å². The van der Waals surface area contributed by atoms with Crippen LogP contribution in [0.5, 0.6) is 0 Å². The summed E-state index contributed by atoms with van der Waals surface area (Å²) < 4.78 is 0. The van der Waals surface area contributed by atoms with Gasteiger partial charge in [-0.1, -0.05) is 27.7 Å². The zero-order chi connectivity index (χ0) is 49.7. The third-order valence-electron chi connectivity index (χ3n) is 12.6. The number of carbonyl (C=O) groups is 10. The molecule has 0 saturated carbocycles. The van der Waals surface area contributed by atoms with Gasteiger partial charge in [0.2, 0.25) is 59.1 Å². The van der Waals surface area contributed by atoms with Crippen LogP contribution in [0.25, 0.3) is 0 Å². The van der Waals surface area contributed by atoms with Crippen LogP contribution in [0, 0.1) is 11.8 Å². The molecular formula is C44H76N12O10.